The third-order valence-electron chi connectivity index (χ3n) is 6.23. The van der Waals surface area contributed by atoms with Crippen LogP contribution in [0.1, 0.15) is 49.6 Å². The Kier molecular flexibility index (Phi) is 4.60. The van der Waals surface area contributed by atoms with E-state index < -0.39 is 0 Å². The van der Waals surface area contributed by atoms with E-state index in [0.29, 0.717) is 5.92 Å². The summed E-state index contributed by atoms with van der Waals surface area (Å²) in [5.74, 6) is 3.02. The SMILES string of the molecule is Cc1cc(C)cc(NC2(c3nnnn3-c3ccc4c(c3)OCO4)CCC(C)CC2)c1. The van der Waals surface area contributed by atoms with Gasteiger partial charge in [0, 0.05) is 11.8 Å². The van der Waals surface area contributed by atoms with Crippen molar-refractivity contribution in [3.63, 3.8) is 0 Å². The van der Waals surface area contributed by atoms with Gasteiger partial charge in [0.1, 0.15) is 0 Å². The lowest BCUT2D eigenvalue weighted by Gasteiger charge is -2.39. The maximum atomic E-state index is 5.56. The summed E-state index contributed by atoms with van der Waals surface area (Å²) in [6, 6.07) is 12.4. The molecule has 1 aliphatic carbocycles. The molecule has 5 rings (SSSR count). The fourth-order valence-electron chi connectivity index (χ4n) is 4.66. The van der Waals surface area contributed by atoms with E-state index in [1.165, 1.54) is 11.1 Å². The summed E-state index contributed by atoms with van der Waals surface area (Å²) in [5, 5.41) is 16.8. The first-order valence-electron chi connectivity index (χ1n) is 10.6. The first-order chi connectivity index (χ1) is 14.5. The molecule has 1 fully saturated rings. The van der Waals surface area contributed by atoms with Crippen molar-refractivity contribution in [2.75, 3.05) is 12.1 Å². The van der Waals surface area contributed by atoms with Gasteiger partial charge in [0.2, 0.25) is 6.79 Å². The summed E-state index contributed by atoms with van der Waals surface area (Å²) in [4.78, 5) is 0. The summed E-state index contributed by atoms with van der Waals surface area (Å²) >= 11 is 0. The van der Waals surface area contributed by atoms with Crippen LogP contribution in [0.5, 0.6) is 11.5 Å². The maximum Gasteiger partial charge on any atom is 0.231 e. The highest BCUT2D eigenvalue weighted by Crippen LogP contribution is 2.42. The largest absolute Gasteiger partial charge is 0.454 e. The topological polar surface area (TPSA) is 74.1 Å². The van der Waals surface area contributed by atoms with Crippen molar-refractivity contribution in [2.24, 2.45) is 5.92 Å². The molecule has 156 valence electrons. The van der Waals surface area contributed by atoms with Gasteiger partial charge in [0.05, 0.1) is 11.2 Å². The van der Waals surface area contributed by atoms with Crippen LogP contribution < -0.4 is 14.8 Å². The maximum absolute atomic E-state index is 5.56. The van der Waals surface area contributed by atoms with Gasteiger partial charge in [0.25, 0.3) is 0 Å². The molecule has 0 unspecified atom stereocenters. The smallest absolute Gasteiger partial charge is 0.231 e. The van der Waals surface area contributed by atoms with Crippen LogP contribution in [0, 0.1) is 19.8 Å². The van der Waals surface area contributed by atoms with Crippen LogP contribution in [0.2, 0.25) is 0 Å². The number of tetrazole rings is 1. The number of benzene rings is 2. The van der Waals surface area contributed by atoms with Gasteiger partial charge in [-0.15, -0.1) is 5.10 Å². The summed E-state index contributed by atoms with van der Waals surface area (Å²) < 4.78 is 12.9. The third-order valence-corrected chi connectivity index (χ3v) is 6.23. The molecule has 1 aromatic heterocycles. The molecule has 1 N–H and O–H groups in total. The van der Waals surface area contributed by atoms with Crippen LogP contribution in [0.15, 0.2) is 36.4 Å². The van der Waals surface area contributed by atoms with E-state index in [4.69, 9.17) is 9.47 Å². The molecule has 2 aliphatic rings. The number of aryl methyl sites for hydroxylation is 2. The minimum atomic E-state index is -0.327. The van der Waals surface area contributed by atoms with Crippen LogP contribution in [0.3, 0.4) is 0 Å². The molecule has 30 heavy (non-hydrogen) atoms. The number of fused-ring (bicyclic) bond motifs is 1. The molecule has 2 heterocycles. The zero-order chi connectivity index (χ0) is 20.7. The summed E-state index contributed by atoms with van der Waals surface area (Å²) in [6.07, 6.45) is 4.22. The fraction of sp³-hybridized carbons (Fsp3) is 0.435. The number of aromatic nitrogens is 4. The van der Waals surface area contributed by atoms with Gasteiger partial charge in [-0.3, -0.25) is 0 Å². The predicted octanol–water partition coefficient (Wildman–Crippen LogP) is 4.53. The van der Waals surface area contributed by atoms with E-state index in [-0.39, 0.29) is 12.3 Å². The summed E-state index contributed by atoms with van der Waals surface area (Å²) in [5.41, 5.74) is 4.15. The normalized spacial score (nSPS) is 22.8. The number of hydrogen-bond acceptors (Lipinski definition) is 6. The second-order valence-electron chi connectivity index (χ2n) is 8.72. The molecular weight excluding hydrogens is 378 g/mol. The zero-order valence-electron chi connectivity index (χ0n) is 17.7. The highest BCUT2D eigenvalue weighted by molar-refractivity contribution is 5.53. The van der Waals surface area contributed by atoms with Gasteiger partial charge in [-0.25, -0.2) is 0 Å². The van der Waals surface area contributed by atoms with E-state index >= 15 is 0 Å². The van der Waals surface area contributed by atoms with Crippen molar-refractivity contribution in [1.82, 2.24) is 20.2 Å². The van der Waals surface area contributed by atoms with Crippen LogP contribution >= 0.6 is 0 Å². The molecule has 1 aliphatic heterocycles. The molecule has 7 nitrogen and oxygen atoms in total. The number of anilines is 1. The van der Waals surface area contributed by atoms with E-state index in [1.807, 2.05) is 22.9 Å². The molecule has 1 saturated carbocycles. The van der Waals surface area contributed by atoms with E-state index in [2.05, 4.69) is 59.8 Å². The van der Waals surface area contributed by atoms with E-state index in [1.54, 1.807) is 0 Å². The highest BCUT2D eigenvalue weighted by atomic mass is 16.7. The molecule has 0 spiro atoms. The van der Waals surface area contributed by atoms with Gasteiger partial charge in [-0.05, 0) is 91.3 Å². The monoisotopic (exact) mass is 405 g/mol. The zero-order valence-corrected chi connectivity index (χ0v) is 17.7. The Morgan fingerprint density at radius 1 is 1.00 bits per heavy atom. The molecule has 0 amide bonds. The lowest BCUT2D eigenvalue weighted by molar-refractivity contribution is 0.174. The van der Waals surface area contributed by atoms with Gasteiger partial charge >= 0.3 is 0 Å². The van der Waals surface area contributed by atoms with Gasteiger partial charge < -0.3 is 14.8 Å². The quantitative estimate of drug-likeness (QED) is 0.688. The molecule has 3 aromatic rings. The highest BCUT2D eigenvalue weighted by Gasteiger charge is 2.41. The second kappa shape index (κ2) is 7.31. The lowest BCUT2D eigenvalue weighted by atomic mass is 9.76. The molecule has 0 radical (unpaired) electrons. The average molecular weight is 406 g/mol. The Bertz CT molecular complexity index is 1050. The van der Waals surface area contributed by atoms with Crippen LogP contribution in [0.25, 0.3) is 5.69 Å². The standard InChI is InChI=1S/C23H27N5O2/c1-15-6-8-23(9-7-15,24-18-11-16(2)10-17(3)12-18)22-25-26-27-28(22)19-4-5-20-21(13-19)30-14-29-20/h4-5,10-13,15,24H,6-9,14H2,1-3H3. The van der Waals surface area contributed by atoms with E-state index in [0.717, 1.165) is 54.4 Å². The van der Waals surface area contributed by atoms with Gasteiger partial charge in [-0.1, -0.05) is 13.0 Å². The van der Waals surface area contributed by atoms with Crippen molar-refractivity contribution < 1.29 is 9.47 Å². The summed E-state index contributed by atoms with van der Waals surface area (Å²) in [7, 11) is 0. The number of ether oxygens (including phenoxy) is 2. The lowest BCUT2D eigenvalue weighted by Crippen LogP contribution is -2.41. The Labute approximate surface area is 176 Å². The van der Waals surface area contributed by atoms with Gasteiger partial charge in [0.15, 0.2) is 17.3 Å². The number of nitrogens with zero attached hydrogens (tertiary/aromatic N) is 4. The second-order valence-corrected chi connectivity index (χ2v) is 8.72. The molecule has 0 atom stereocenters. The molecular formula is C23H27N5O2. The Morgan fingerprint density at radius 2 is 1.73 bits per heavy atom. The first-order valence-corrected chi connectivity index (χ1v) is 10.6. The van der Waals surface area contributed by atoms with Crippen LogP contribution in [-0.2, 0) is 5.54 Å². The number of rotatable bonds is 4. The molecule has 0 saturated heterocycles. The minimum absolute atomic E-state index is 0.247. The minimum Gasteiger partial charge on any atom is -0.454 e. The van der Waals surface area contributed by atoms with Crippen LogP contribution in [-0.4, -0.2) is 27.0 Å². The Hall–Kier alpha value is -3.09. The average Bonchev–Trinajstić information content (AvgIpc) is 3.38. The van der Waals surface area contributed by atoms with Crippen LogP contribution in [0.4, 0.5) is 5.69 Å². The number of nitrogens with one attached hydrogen (secondary N) is 1. The first kappa shape index (κ1) is 18.9. The van der Waals surface area contributed by atoms with Crippen molar-refractivity contribution in [3.8, 4) is 17.2 Å². The molecule has 2 aromatic carbocycles. The molecule has 0 bridgehead atoms. The predicted molar refractivity (Wildman–Crippen MR) is 114 cm³/mol. The Morgan fingerprint density at radius 3 is 2.50 bits per heavy atom. The Balaban J connectivity index is 1.57. The summed E-state index contributed by atoms with van der Waals surface area (Å²) in [6.45, 7) is 6.83. The van der Waals surface area contributed by atoms with Crippen molar-refractivity contribution in [2.45, 2.75) is 52.0 Å². The van der Waals surface area contributed by atoms with E-state index in [9.17, 15) is 0 Å². The van der Waals surface area contributed by atoms with Crippen molar-refractivity contribution in [1.29, 1.82) is 0 Å². The van der Waals surface area contributed by atoms with Gasteiger partial charge in [-0.2, -0.15) is 4.68 Å². The third kappa shape index (κ3) is 3.38. The number of hydrogen-bond donors (Lipinski definition) is 1. The van der Waals surface area contributed by atoms with Crippen molar-refractivity contribution in [3.05, 3.63) is 53.3 Å². The fourth-order valence-corrected chi connectivity index (χ4v) is 4.66. The van der Waals surface area contributed by atoms with Crippen molar-refractivity contribution >= 4 is 5.69 Å². The molecule has 7 heteroatoms.